The van der Waals surface area contributed by atoms with Crippen molar-refractivity contribution < 1.29 is 5.11 Å². The first kappa shape index (κ1) is 17.0. The van der Waals surface area contributed by atoms with Crippen molar-refractivity contribution in [2.75, 3.05) is 0 Å². The molecule has 0 saturated heterocycles. The van der Waals surface area contributed by atoms with Crippen LogP contribution in [0.25, 0.3) is 0 Å². The lowest BCUT2D eigenvalue weighted by molar-refractivity contribution is 0.469. The first-order chi connectivity index (χ1) is 13.3. The van der Waals surface area contributed by atoms with Gasteiger partial charge in [-0.15, -0.1) is 11.7 Å². The summed E-state index contributed by atoms with van der Waals surface area (Å²) in [6.45, 7) is 3.73. The molecule has 3 nitrogen and oxygen atoms in total. The standard InChI is InChI=1S/C24H20N2O/c1-2-8-17-11-7-12-20(24(17)27)16-25-26-23-21-13-5-3-9-18(21)15-19-10-4-6-14-22(19)23/h2-7,9-14,16,27H,1,8,15H2/b25-16+. The quantitative estimate of drug-likeness (QED) is 0.317. The normalized spacial score (nSPS) is 12.5. The number of allylic oxidation sites excluding steroid dienone is 1. The van der Waals surface area contributed by atoms with Gasteiger partial charge in [-0.05, 0) is 35.6 Å². The third-order valence-corrected chi connectivity index (χ3v) is 4.80. The van der Waals surface area contributed by atoms with Gasteiger partial charge in [-0.1, -0.05) is 66.7 Å². The number of hydrogen-bond acceptors (Lipinski definition) is 3. The molecular formula is C24H20N2O. The lowest BCUT2D eigenvalue weighted by Gasteiger charge is -2.20. The summed E-state index contributed by atoms with van der Waals surface area (Å²) in [6, 6.07) is 22.2. The fourth-order valence-electron chi connectivity index (χ4n) is 3.45. The topological polar surface area (TPSA) is 45.0 Å². The number of rotatable bonds is 4. The lowest BCUT2D eigenvalue weighted by atomic mass is 9.85. The average molecular weight is 352 g/mol. The molecule has 1 N–H and O–H groups in total. The fraction of sp³-hybridized carbons (Fsp3) is 0.0833. The molecule has 0 aromatic heterocycles. The highest BCUT2D eigenvalue weighted by Gasteiger charge is 2.20. The zero-order valence-electron chi connectivity index (χ0n) is 15.0. The van der Waals surface area contributed by atoms with Gasteiger partial charge in [0.2, 0.25) is 0 Å². The predicted molar refractivity (Wildman–Crippen MR) is 111 cm³/mol. The van der Waals surface area contributed by atoms with E-state index in [-0.39, 0.29) is 5.75 Å². The second-order valence-electron chi connectivity index (χ2n) is 6.53. The number of phenolic OH excluding ortho intramolecular Hbond substituents is 1. The van der Waals surface area contributed by atoms with Crippen LogP contribution in [0.1, 0.15) is 33.4 Å². The van der Waals surface area contributed by atoms with Crippen molar-refractivity contribution >= 4 is 11.9 Å². The fourth-order valence-corrected chi connectivity index (χ4v) is 3.45. The molecule has 3 aromatic carbocycles. The van der Waals surface area contributed by atoms with Gasteiger partial charge in [-0.3, -0.25) is 0 Å². The van der Waals surface area contributed by atoms with Crippen molar-refractivity contribution in [2.45, 2.75) is 12.8 Å². The van der Waals surface area contributed by atoms with Gasteiger partial charge in [0.05, 0.1) is 6.21 Å². The molecule has 0 radical (unpaired) electrons. The van der Waals surface area contributed by atoms with Crippen molar-refractivity contribution in [3.63, 3.8) is 0 Å². The molecule has 0 fully saturated rings. The average Bonchev–Trinajstić information content (AvgIpc) is 2.70. The van der Waals surface area contributed by atoms with Gasteiger partial charge >= 0.3 is 0 Å². The summed E-state index contributed by atoms with van der Waals surface area (Å²) in [5.41, 5.74) is 7.06. The Bertz CT molecular complexity index is 1020. The Morgan fingerprint density at radius 2 is 1.56 bits per heavy atom. The first-order valence-corrected chi connectivity index (χ1v) is 8.97. The molecule has 0 spiro atoms. The van der Waals surface area contributed by atoms with E-state index in [1.165, 1.54) is 11.1 Å². The molecule has 0 saturated carbocycles. The number of phenols is 1. The van der Waals surface area contributed by atoms with Crippen LogP contribution in [0.5, 0.6) is 5.75 Å². The molecule has 4 rings (SSSR count). The maximum Gasteiger partial charge on any atom is 0.127 e. The van der Waals surface area contributed by atoms with Gasteiger partial charge in [-0.25, -0.2) is 0 Å². The molecule has 132 valence electrons. The maximum absolute atomic E-state index is 10.4. The van der Waals surface area contributed by atoms with E-state index in [4.69, 9.17) is 0 Å². The van der Waals surface area contributed by atoms with Crippen LogP contribution in [0.3, 0.4) is 0 Å². The van der Waals surface area contributed by atoms with Crippen molar-refractivity contribution in [1.82, 2.24) is 0 Å². The van der Waals surface area contributed by atoms with E-state index >= 15 is 0 Å². The minimum Gasteiger partial charge on any atom is -0.507 e. The second kappa shape index (κ2) is 7.42. The van der Waals surface area contributed by atoms with Crippen molar-refractivity contribution in [3.05, 3.63) is 113 Å². The van der Waals surface area contributed by atoms with E-state index < -0.39 is 0 Å². The highest BCUT2D eigenvalue weighted by atomic mass is 16.3. The van der Waals surface area contributed by atoms with Crippen LogP contribution >= 0.6 is 0 Å². The molecule has 0 bridgehead atoms. The monoisotopic (exact) mass is 352 g/mol. The summed E-state index contributed by atoms with van der Waals surface area (Å²) in [6.07, 6.45) is 4.89. The third kappa shape index (κ3) is 3.32. The molecule has 1 aliphatic carbocycles. The Morgan fingerprint density at radius 3 is 2.22 bits per heavy atom. The van der Waals surface area contributed by atoms with Crippen LogP contribution in [-0.2, 0) is 12.8 Å². The lowest BCUT2D eigenvalue weighted by Crippen LogP contribution is -2.15. The van der Waals surface area contributed by atoms with Crippen molar-refractivity contribution in [3.8, 4) is 5.75 Å². The zero-order chi connectivity index (χ0) is 18.6. The molecule has 0 heterocycles. The summed E-state index contributed by atoms with van der Waals surface area (Å²) < 4.78 is 0. The van der Waals surface area contributed by atoms with Crippen LogP contribution in [0.4, 0.5) is 0 Å². The molecule has 27 heavy (non-hydrogen) atoms. The largest absolute Gasteiger partial charge is 0.507 e. The SMILES string of the molecule is C=CCc1cccc(/C=N/N=C2c3ccccc3Cc3ccccc32)c1O. The molecule has 0 unspecified atom stereocenters. The summed E-state index contributed by atoms with van der Waals surface area (Å²) in [7, 11) is 0. The highest BCUT2D eigenvalue weighted by Crippen LogP contribution is 2.28. The van der Waals surface area contributed by atoms with E-state index in [9.17, 15) is 5.11 Å². The second-order valence-corrected chi connectivity index (χ2v) is 6.53. The van der Waals surface area contributed by atoms with Gasteiger partial charge < -0.3 is 5.11 Å². The Morgan fingerprint density at radius 1 is 0.889 bits per heavy atom. The van der Waals surface area contributed by atoms with Crippen LogP contribution < -0.4 is 0 Å². The molecule has 0 aliphatic heterocycles. The van der Waals surface area contributed by atoms with Gasteiger partial charge in [-0.2, -0.15) is 5.10 Å². The number of nitrogens with zero attached hydrogens (tertiary/aromatic N) is 2. The van der Waals surface area contributed by atoms with Gasteiger partial charge in [0.1, 0.15) is 11.5 Å². The van der Waals surface area contributed by atoms with Crippen LogP contribution in [-0.4, -0.2) is 17.0 Å². The van der Waals surface area contributed by atoms with Crippen molar-refractivity contribution in [1.29, 1.82) is 0 Å². The van der Waals surface area contributed by atoms with Gasteiger partial charge in [0, 0.05) is 16.7 Å². The van der Waals surface area contributed by atoms with Crippen LogP contribution in [0.15, 0.2) is 89.6 Å². The Balaban J connectivity index is 1.74. The minimum absolute atomic E-state index is 0.228. The molecule has 0 amide bonds. The molecule has 3 heteroatoms. The first-order valence-electron chi connectivity index (χ1n) is 8.97. The summed E-state index contributed by atoms with van der Waals surface area (Å²) in [4.78, 5) is 0. The Kier molecular flexibility index (Phi) is 4.67. The van der Waals surface area contributed by atoms with E-state index in [1.807, 2.05) is 30.3 Å². The zero-order valence-corrected chi connectivity index (χ0v) is 15.0. The molecular weight excluding hydrogens is 332 g/mol. The summed E-state index contributed by atoms with van der Waals surface area (Å²) in [5, 5.41) is 19.2. The van der Waals surface area contributed by atoms with Crippen LogP contribution in [0.2, 0.25) is 0 Å². The molecule has 3 aromatic rings. The number of aromatic hydroxyl groups is 1. The van der Waals surface area contributed by atoms with E-state index in [0.29, 0.717) is 12.0 Å². The van der Waals surface area contributed by atoms with E-state index in [0.717, 1.165) is 28.8 Å². The Hall–Kier alpha value is -3.46. The Labute approximate surface area is 159 Å². The maximum atomic E-state index is 10.4. The number of fused-ring (bicyclic) bond motifs is 2. The smallest absolute Gasteiger partial charge is 0.127 e. The van der Waals surface area contributed by atoms with Gasteiger partial charge in [0.25, 0.3) is 0 Å². The third-order valence-electron chi connectivity index (χ3n) is 4.80. The van der Waals surface area contributed by atoms with Gasteiger partial charge in [0.15, 0.2) is 0 Å². The molecule has 0 atom stereocenters. The van der Waals surface area contributed by atoms with Crippen LogP contribution in [0, 0.1) is 0 Å². The summed E-state index contributed by atoms with van der Waals surface area (Å²) in [5.74, 6) is 0.228. The number of para-hydroxylation sites is 1. The minimum atomic E-state index is 0.228. The van der Waals surface area contributed by atoms with E-state index in [2.05, 4.69) is 53.2 Å². The summed E-state index contributed by atoms with van der Waals surface area (Å²) >= 11 is 0. The predicted octanol–water partition coefficient (Wildman–Crippen LogP) is 4.90. The van der Waals surface area contributed by atoms with E-state index in [1.54, 1.807) is 12.3 Å². The number of hydrogen-bond donors (Lipinski definition) is 1. The number of benzene rings is 3. The highest BCUT2D eigenvalue weighted by molar-refractivity contribution is 6.16. The van der Waals surface area contributed by atoms with Crippen molar-refractivity contribution in [2.24, 2.45) is 10.2 Å². The molecule has 1 aliphatic rings.